The van der Waals surface area contributed by atoms with Crippen molar-refractivity contribution in [1.82, 2.24) is 10.2 Å². The normalized spacial score (nSPS) is 26.5. The van der Waals surface area contributed by atoms with Gasteiger partial charge in [-0.1, -0.05) is 0 Å². The fourth-order valence-electron chi connectivity index (χ4n) is 1.49. The van der Waals surface area contributed by atoms with Gasteiger partial charge < -0.3 is 5.32 Å². The first-order valence-corrected chi connectivity index (χ1v) is 4.17. The van der Waals surface area contributed by atoms with Crippen LogP contribution in [0.3, 0.4) is 0 Å². The molecule has 1 unspecified atom stereocenters. The minimum Gasteiger partial charge on any atom is -0.341 e. The molecular formula is C8H16N2O. The van der Waals surface area contributed by atoms with Crippen LogP contribution in [-0.4, -0.2) is 30.6 Å². The summed E-state index contributed by atoms with van der Waals surface area (Å²) in [6, 6.07) is 0. The number of hydrogen-bond acceptors (Lipinski definition) is 2. The number of likely N-dealkylation sites (tertiary alicyclic amines) is 1. The molecule has 1 aliphatic heterocycles. The fourth-order valence-corrected chi connectivity index (χ4v) is 1.49. The second kappa shape index (κ2) is 3.72. The summed E-state index contributed by atoms with van der Waals surface area (Å²) in [4.78, 5) is 12.9. The molecule has 1 rings (SSSR count). The number of piperidine rings is 1. The number of nitrogens with one attached hydrogen (secondary N) is 1. The lowest BCUT2D eigenvalue weighted by molar-refractivity contribution is -0.121. The van der Waals surface area contributed by atoms with Crippen molar-refractivity contribution in [3.63, 3.8) is 0 Å². The second-order valence-corrected chi connectivity index (χ2v) is 3.19. The lowest BCUT2D eigenvalue weighted by atomic mass is 10.1. The van der Waals surface area contributed by atoms with Gasteiger partial charge in [-0.2, -0.15) is 0 Å². The van der Waals surface area contributed by atoms with E-state index < -0.39 is 0 Å². The molecule has 0 spiro atoms. The average Bonchev–Trinajstić information content (AvgIpc) is 1.93. The van der Waals surface area contributed by atoms with Gasteiger partial charge in [-0.25, -0.2) is 0 Å². The van der Waals surface area contributed by atoms with Crippen LogP contribution in [-0.2, 0) is 4.79 Å². The van der Waals surface area contributed by atoms with Crippen molar-refractivity contribution in [3.05, 3.63) is 0 Å². The van der Waals surface area contributed by atoms with Crippen molar-refractivity contribution < 1.29 is 4.79 Å². The molecule has 0 aromatic carbocycles. The van der Waals surface area contributed by atoms with Crippen LogP contribution >= 0.6 is 0 Å². The van der Waals surface area contributed by atoms with Gasteiger partial charge in [0.1, 0.15) is 0 Å². The molecule has 3 nitrogen and oxygen atoms in total. The molecular weight excluding hydrogens is 140 g/mol. The molecule has 0 aromatic rings. The molecule has 3 heteroatoms. The summed E-state index contributed by atoms with van der Waals surface area (Å²) in [6.07, 6.45) is 3.86. The summed E-state index contributed by atoms with van der Waals surface area (Å²) in [6.45, 7) is 2.67. The lowest BCUT2D eigenvalue weighted by Crippen LogP contribution is -2.48. The summed E-state index contributed by atoms with van der Waals surface area (Å²) in [5, 5.41) is 2.92. The predicted molar refractivity (Wildman–Crippen MR) is 44.1 cm³/mol. The molecule has 1 heterocycles. The topological polar surface area (TPSA) is 32.3 Å². The molecule has 1 saturated heterocycles. The number of rotatable bonds is 1. The van der Waals surface area contributed by atoms with Crippen LogP contribution in [0.15, 0.2) is 0 Å². The first-order valence-electron chi connectivity index (χ1n) is 4.17. The van der Waals surface area contributed by atoms with Crippen molar-refractivity contribution in [2.75, 3.05) is 13.6 Å². The van der Waals surface area contributed by atoms with Gasteiger partial charge in [0, 0.05) is 6.92 Å². The van der Waals surface area contributed by atoms with E-state index in [-0.39, 0.29) is 12.1 Å². The zero-order valence-electron chi connectivity index (χ0n) is 7.26. The summed E-state index contributed by atoms with van der Waals surface area (Å²) in [5.74, 6) is 0.0729. The SMILES string of the molecule is CC(=O)NC1CCCCN1C. The van der Waals surface area contributed by atoms with Gasteiger partial charge in [-0.15, -0.1) is 0 Å². The van der Waals surface area contributed by atoms with E-state index in [1.54, 1.807) is 6.92 Å². The Morgan fingerprint density at radius 2 is 2.27 bits per heavy atom. The van der Waals surface area contributed by atoms with E-state index in [2.05, 4.69) is 17.3 Å². The first kappa shape index (κ1) is 8.53. The molecule has 1 atom stereocenters. The third-order valence-corrected chi connectivity index (χ3v) is 2.14. The van der Waals surface area contributed by atoms with Gasteiger partial charge in [-0.3, -0.25) is 9.69 Å². The van der Waals surface area contributed by atoms with E-state index in [0.29, 0.717) is 0 Å². The van der Waals surface area contributed by atoms with Gasteiger partial charge in [0.25, 0.3) is 0 Å². The summed E-state index contributed by atoms with van der Waals surface area (Å²) in [5.41, 5.74) is 0. The molecule has 1 aliphatic rings. The quantitative estimate of drug-likeness (QED) is 0.601. The van der Waals surface area contributed by atoms with Gasteiger partial charge in [0.15, 0.2) is 0 Å². The zero-order chi connectivity index (χ0) is 8.27. The molecule has 0 aromatic heterocycles. The Hall–Kier alpha value is -0.570. The van der Waals surface area contributed by atoms with Gasteiger partial charge >= 0.3 is 0 Å². The third kappa shape index (κ3) is 2.50. The number of hydrogen-bond donors (Lipinski definition) is 1. The molecule has 0 radical (unpaired) electrons. The number of carbonyl (C=O) groups is 1. The Kier molecular flexibility index (Phi) is 2.88. The Labute approximate surface area is 67.8 Å². The Balaban J connectivity index is 2.35. The Morgan fingerprint density at radius 1 is 1.55 bits per heavy atom. The standard InChI is InChI=1S/C8H16N2O/c1-7(11)9-8-5-3-4-6-10(8)2/h8H,3-6H2,1-2H3,(H,9,11). The maximum Gasteiger partial charge on any atom is 0.218 e. The van der Waals surface area contributed by atoms with Crippen LogP contribution in [0.5, 0.6) is 0 Å². The van der Waals surface area contributed by atoms with Crippen molar-refractivity contribution in [1.29, 1.82) is 0 Å². The second-order valence-electron chi connectivity index (χ2n) is 3.19. The van der Waals surface area contributed by atoms with E-state index in [4.69, 9.17) is 0 Å². The van der Waals surface area contributed by atoms with Crippen LogP contribution < -0.4 is 5.32 Å². The van der Waals surface area contributed by atoms with Crippen molar-refractivity contribution in [2.45, 2.75) is 32.4 Å². The number of amides is 1. The first-order chi connectivity index (χ1) is 5.20. The van der Waals surface area contributed by atoms with Crippen LogP contribution in [0.1, 0.15) is 26.2 Å². The maximum atomic E-state index is 10.7. The van der Waals surface area contributed by atoms with Gasteiger partial charge in [0.05, 0.1) is 6.17 Å². The largest absolute Gasteiger partial charge is 0.341 e. The zero-order valence-corrected chi connectivity index (χ0v) is 7.26. The summed E-state index contributed by atoms with van der Waals surface area (Å²) >= 11 is 0. The van der Waals surface area contributed by atoms with E-state index in [1.807, 2.05) is 0 Å². The molecule has 11 heavy (non-hydrogen) atoms. The number of carbonyl (C=O) groups excluding carboxylic acids is 1. The van der Waals surface area contributed by atoms with E-state index in [1.165, 1.54) is 12.8 Å². The molecule has 0 saturated carbocycles. The maximum absolute atomic E-state index is 10.7. The van der Waals surface area contributed by atoms with Crippen LogP contribution in [0.2, 0.25) is 0 Å². The highest BCUT2D eigenvalue weighted by molar-refractivity contribution is 5.73. The highest BCUT2D eigenvalue weighted by atomic mass is 16.1. The molecule has 0 aliphatic carbocycles. The summed E-state index contributed by atoms with van der Waals surface area (Å²) < 4.78 is 0. The van der Waals surface area contributed by atoms with Gasteiger partial charge in [0.2, 0.25) is 5.91 Å². The molecule has 1 N–H and O–H groups in total. The van der Waals surface area contributed by atoms with Crippen LogP contribution in [0.25, 0.3) is 0 Å². The van der Waals surface area contributed by atoms with Crippen LogP contribution in [0.4, 0.5) is 0 Å². The smallest absolute Gasteiger partial charge is 0.218 e. The van der Waals surface area contributed by atoms with E-state index in [0.717, 1.165) is 13.0 Å². The van der Waals surface area contributed by atoms with Crippen molar-refractivity contribution in [3.8, 4) is 0 Å². The minimum absolute atomic E-state index is 0.0729. The molecule has 0 bridgehead atoms. The van der Waals surface area contributed by atoms with E-state index in [9.17, 15) is 4.79 Å². The Morgan fingerprint density at radius 3 is 2.82 bits per heavy atom. The van der Waals surface area contributed by atoms with E-state index >= 15 is 0 Å². The highest BCUT2D eigenvalue weighted by Gasteiger charge is 2.18. The van der Waals surface area contributed by atoms with Crippen molar-refractivity contribution >= 4 is 5.91 Å². The lowest BCUT2D eigenvalue weighted by Gasteiger charge is -2.32. The third-order valence-electron chi connectivity index (χ3n) is 2.14. The predicted octanol–water partition coefficient (Wildman–Crippen LogP) is 0.564. The highest BCUT2D eigenvalue weighted by Crippen LogP contribution is 2.12. The monoisotopic (exact) mass is 156 g/mol. The van der Waals surface area contributed by atoms with Crippen molar-refractivity contribution in [2.24, 2.45) is 0 Å². The number of nitrogens with zero attached hydrogens (tertiary/aromatic N) is 1. The fraction of sp³-hybridized carbons (Fsp3) is 0.875. The van der Waals surface area contributed by atoms with Crippen LogP contribution in [0, 0.1) is 0 Å². The van der Waals surface area contributed by atoms with Gasteiger partial charge in [-0.05, 0) is 32.9 Å². The average molecular weight is 156 g/mol. The molecule has 1 amide bonds. The molecule has 64 valence electrons. The minimum atomic E-state index is 0.0729. The molecule has 1 fully saturated rings. The Bertz CT molecular complexity index is 147. The summed E-state index contributed by atoms with van der Waals surface area (Å²) in [7, 11) is 2.06.